The van der Waals surface area contributed by atoms with Gasteiger partial charge in [-0.05, 0) is 48.6 Å². The van der Waals surface area contributed by atoms with Gasteiger partial charge in [0, 0.05) is 19.8 Å². The normalized spacial score (nSPS) is 11.8. The lowest BCUT2D eigenvalue weighted by Crippen LogP contribution is -2.31. The Kier molecular flexibility index (Phi) is 7.61. The lowest BCUT2D eigenvalue weighted by atomic mass is 10.00. The molecule has 2 aromatic carbocycles. The number of hydrogen-bond donors (Lipinski definition) is 1. The summed E-state index contributed by atoms with van der Waals surface area (Å²) in [6.45, 7) is 5.99. The van der Waals surface area contributed by atoms with Crippen molar-refractivity contribution >= 4 is 17.6 Å². The molecule has 0 unspecified atom stereocenters. The highest BCUT2D eigenvalue weighted by Crippen LogP contribution is 2.16. The minimum Gasteiger partial charge on any atom is -0.452 e. The Hall–Kier alpha value is -2.82. The molecule has 0 heterocycles. The molecule has 0 aliphatic carbocycles. The molecule has 28 heavy (non-hydrogen) atoms. The monoisotopic (exact) mass is 382 g/mol. The number of amides is 1. The minimum atomic E-state index is -0.510. The second-order valence-corrected chi connectivity index (χ2v) is 7.65. The molecule has 2 rings (SSSR count). The van der Waals surface area contributed by atoms with Crippen molar-refractivity contribution in [1.82, 2.24) is 5.32 Å². The van der Waals surface area contributed by atoms with Gasteiger partial charge in [0.1, 0.15) is 0 Å². The van der Waals surface area contributed by atoms with E-state index in [1.54, 1.807) is 18.2 Å². The number of nitrogens with zero attached hydrogens (tertiary/aromatic N) is 1. The summed E-state index contributed by atoms with van der Waals surface area (Å²) in [4.78, 5) is 26.2. The van der Waals surface area contributed by atoms with Gasteiger partial charge in [-0.15, -0.1) is 0 Å². The van der Waals surface area contributed by atoms with Crippen molar-refractivity contribution in [3.05, 3.63) is 65.2 Å². The van der Waals surface area contributed by atoms with E-state index in [9.17, 15) is 9.59 Å². The lowest BCUT2D eigenvalue weighted by Gasteiger charge is -2.16. The van der Waals surface area contributed by atoms with Crippen LogP contribution in [0.4, 0.5) is 5.69 Å². The molecule has 0 fully saturated rings. The van der Waals surface area contributed by atoms with E-state index in [1.807, 2.05) is 44.1 Å². The number of esters is 1. The molecule has 1 N–H and O–H groups in total. The van der Waals surface area contributed by atoms with E-state index in [1.165, 1.54) is 5.56 Å². The fourth-order valence-corrected chi connectivity index (χ4v) is 2.91. The summed E-state index contributed by atoms with van der Waals surface area (Å²) in [5.74, 6) is -0.225. The molecule has 0 aromatic heterocycles. The number of nitrogens with one attached hydrogen (secondary N) is 1. The molecule has 5 nitrogen and oxygen atoms in total. The number of hydrogen-bond acceptors (Lipinski definition) is 4. The van der Waals surface area contributed by atoms with Crippen LogP contribution in [0.15, 0.2) is 48.5 Å². The summed E-state index contributed by atoms with van der Waals surface area (Å²) in [5, 5.41) is 2.87. The van der Waals surface area contributed by atoms with Crippen LogP contribution < -0.4 is 10.2 Å². The Morgan fingerprint density at radius 1 is 1.04 bits per heavy atom. The highest BCUT2D eigenvalue weighted by Gasteiger charge is 2.14. The predicted molar refractivity (Wildman–Crippen MR) is 113 cm³/mol. The van der Waals surface area contributed by atoms with E-state index in [4.69, 9.17) is 4.74 Å². The SMILES string of the molecule is CC(C)Cc1ccc([C@@H](C)NC(=O)COC(=O)c2cccc(N(C)C)c2)cc1. The molecule has 0 saturated heterocycles. The fourth-order valence-electron chi connectivity index (χ4n) is 2.91. The van der Waals surface area contributed by atoms with Gasteiger partial charge in [0.15, 0.2) is 6.61 Å². The number of ether oxygens (including phenoxy) is 1. The molecule has 5 heteroatoms. The van der Waals surface area contributed by atoms with Gasteiger partial charge in [-0.1, -0.05) is 44.2 Å². The Morgan fingerprint density at radius 2 is 1.71 bits per heavy atom. The van der Waals surface area contributed by atoms with Crippen molar-refractivity contribution in [1.29, 1.82) is 0 Å². The maximum absolute atomic E-state index is 12.2. The summed E-state index contributed by atoms with van der Waals surface area (Å²) < 4.78 is 5.15. The van der Waals surface area contributed by atoms with E-state index in [-0.39, 0.29) is 18.6 Å². The average Bonchev–Trinajstić information content (AvgIpc) is 2.66. The van der Waals surface area contributed by atoms with Crippen LogP contribution in [0.3, 0.4) is 0 Å². The summed E-state index contributed by atoms with van der Waals surface area (Å²) >= 11 is 0. The van der Waals surface area contributed by atoms with E-state index in [0.717, 1.165) is 17.7 Å². The number of rotatable bonds is 8. The summed E-state index contributed by atoms with van der Waals surface area (Å²) in [5.41, 5.74) is 3.62. The highest BCUT2D eigenvalue weighted by atomic mass is 16.5. The largest absolute Gasteiger partial charge is 0.452 e. The van der Waals surface area contributed by atoms with E-state index in [2.05, 4.69) is 31.3 Å². The Balaban J connectivity index is 1.86. The molecule has 0 aliphatic rings. The zero-order valence-electron chi connectivity index (χ0n) is 17.4. The maximum Gasteiger partial charge on any atom is 0.338 e. The molecule has 2 aromatic rings. The van der Waals surface area contributed by atoms with Gasteiger partial charge in [0.05, 0.1) is 11.6 Å². The molecule has 0 spiro atoms. The smallest absolute Gasteiger partial charge is 0.338 e. The van der Waals surface area contributed by atoms with Crippen LogP contribution in [0, 0.1) is 5.92 Å². The number of carbonyl (C=O) groups excluding carboxylic acids is 2. The second-order valence-electron chi connectivity index (χ2n) is 7.65. The number of anilines is 1. The van der Waals surface area contributed by atoms with Crippen molar-refractivity contribution in [3.8, 4) is 0 Å². The molecular weight excluding hydrogens is 352 g/mol. The van der Waals surface area contributed by atoms with E-state index >= 15 is 0 Å². The van der Waals surface area contributed by atoms with Crippen LogP contribution in [0.25, 0.3) is 0 Å². The quantitative estimate of drug-likeness (QED) is 0.702. The standard InChI is InChI=1S/C23H30N2O3/c1-16(2)13-18-9-11-19(12-10-18)17(3)24-22(26)15-28-23(27)20-7-6-8-21(14-20)25(4)5/h6-12,14,16-17H,13,15H2,1-5H3,(H,24,26)/t17-/m1/s1. The lowest BCUT2D eigenvalue weighted by molar-refractivity contribution is -0.124. The Morgan fingerprint density at radius 3 is 2.32 bits per heavy atom. The van der Waals surface area contributed by atoms with Gasteiger partial charge in [-0.25, -0.2) is 4.79 Å². The zero-order valence-corrected chi connectivity index (χ0v) is 17.4. The molecule has 1 atom stereocenters. The third-order valence-corrected chi connectivity index (χ3v) is 4.43. The van der Waals surface area contributed by atoms with E-state index < -0.39 is 5.97 Å². The summed E-state index contributed by atoms with van der Waals surface area (Å²) in [6, 6.07) is 15.2. The van der Waals surface area contributed by atoms with Crippen molar-refractivity contribution in [2.45, 2.75) is 33.2 Å². The van der Waals surface area contributed by atoms with Gasteiger partial charge >= 0.3 is 5.97 Å². The van der Waals surface area contributed by atoms with Crippen LogP contribution >= 0.6 is 0 Å². The molecule has 1 amide bonds. The van der Waals surface area contributed by atoms with Crippen molar-refractivity contribution < 1.29 is 14.3 Å². The first-order valence-corrected chi connectivity index (χ1v) is 9.59. The second kappa shape index (κ2) is 9.93. The average molecular weight is 383 g/mol. The van der Waals surface area contributed by atoms with Gasteiger partial charge in [-0.3, -0.25) is 4.79 Å². The van der Waals surface area contributed by atoms with Gasteiger partial charge in [0.2, 0.25) is 0 Å². The molecule has 150 valence electrons. The van der Waals surface area contributed by atoms with Crippen LogP contribution in [-0.2, 0) is 16.0 Å². The molecule has 0 saturated carbocycles. The van der Waals surface area contributed by atoms with E-state index in [0.29, 0.717) is 11.5 Å². The van der Waals surface area contributed by atoms with Crippen molar-refractivity contribution in [2.24, 2.45) is 5.92 Å². The van der Waals surface area contributed by atoms with Crippen LogP contribution in [-0.4, -0.2) is 32.6 Å². The topological polar surface area (TPSA) is 58.6 Å². The van der Waals surface area contributed by atoms with Crippen LogP contribution in [0.1, 0.15) is 48.3 Å². The third-order valence-electron chi connectivity index (χ3n) is 4.43. The van der Waals surface area contributed by atoms with Crippen molar-refractivity contribution in [3.63, 3.8) is 0 Å². The first-order chi connectivity index (χ1) is 13.3. The Bertz CT molecular complexity index is 798. The molecular formula is C23H30N2O3. The van der Waals surface area contributed by atoms with Crippen molar-refractivity contribution in [2.75, 3.05) is 25.6 Å². The minimum absolute atomic E-state index is 0.156. The first-order valence-electron chi connectivity index (χ1n) is 9.59. The fraction of sp³-hybridized carbons (Fsp3) is 0.391. The molecule has 0 radical (unpaired) electrons. The maximum atomic E-state index is 12.2. The first kappa shape index (κ1) is 21.5. The predicted octanol–water partition coefficient (Wildman–Crippen LogP) is 3.99. The molecule has 0 aliphatic heterocycles. The third kappa shape index (κ3) is 6.41. The summed E-state index contributed by atoms with van der Waals surface area (Å²) in [6.07, 6.45) is 1.03. The Labute approximate surface area is 167 Å². The van der Waals surface area contributed by atoms with Gasteiger partial charge in [0.25, 0.3) is 5.91 Å². The zero-order chi connectivity index (χ0) is 20.7. The van der Waals surface area contributed by atoms with Crippen LogP contribution in [0.2, 0.25) is 0 Å². The molecule has 0 bridgehead atoms. The summed E-state index contributed by atoms with van der Waals surface area (Å²) in [7, 11) is 3.79. The number of benzene rings is 2. The highest BCUT2D eigenvalue weighted by molar-refractivity contribution is 5.92. The van der Waals surface area contributed by atoms with Gasteiger partial charge in [-0.2, -0.15) is 0 Å². The number of carbonyl (C=O) groups is 2. The van der Waals surface area contributed by atoms with Gasteiger partial charge < -0.3 is 15.0 Å². The van der Waals surface area contributed by atoms with Crippen LogP contribution in [0.5, 0.6) is 0 Å².